The van der Waals surface area contributed by atoms with Crippen molar-refractivity contribution in [3.05, 3.63) is 53.6 Å². The lowest BCUT2D eigenvalue weighted by Gasteiger charge is -2.28. The number of aryl methyl sites for hydroxylation is 1. The number of benzene rings is 2. The molecule has 26 heavy (non-hydrogen) atoms. The van der Waals surface area contributed by atoms with Crippen molar-refractivity contribution in [1.82, 2.24) is 4.90 Å². The van der Waals surface area contributed by atoms with Gasteiger partial charge >= 0.3 is 6.09 Å². The molecule has 2 atom stereocenters. The number of anilines is 2. The van der Waals surface area contributed by atoms with Gasteiger partial charge in [-0.15, -0.1) is 0 Å². The largest absolute Gasteiger partial charge is 0.417 e. The van der Waals surface area contributed by atoms with Gasteiger partial charge in [-0.3, -0.25) is 10.2 Å². The van der Waals surface area contributed by atoms with Crippen LogP contribution in [0.5, 0.6) is 5.75 Å². The molecule has 1 fully saturated rings. The lowest BCUT2D eigenvalue weighted by molar-refractivity contribution is 0.215. The molecule has 2 aromatic carbocycles. The number of fused-ring (bicyclic) bond motifs is 3. The molecule has 0 bridgehead atoms. The number of carbonyl (C=O) groups is 1. The summed E-state index contributed by atoms with van der Waals surface area (Å²) in [4.78, 5) is 17.1. The number of likely N-dealkylation sites (N-methyl/N-ethyl adjacent to an activating group) is 2. The second kappa shape index (κ2) is 6.65. The zero-order valence-corrected chi connectivity index (χ0v) is 15.5. The summed E-state index contributed by atoms with van der Waals surface area (Å²) >= 11 is 0. The summed E-state index contributed by atoms with van der Waals surface area (Å²) < 4.78 is 5.57. The molecule has 5 nitrogen and oxygen atoms in total. The fourth-order valence-corrected chi connectivity index (χ4v) is 4.36. The molecular formula is C21H25N3O2. The van der Waals surface area contributed by atoms with E-state index in [4.69, 9.17) is 4.74 Å². The predicted octanol–water partition coefficient (Wildman–Crippen LogP) is 4.05. The molecule has 0 radical (unpaired) electrons. The zero-order chi connectivity index (χ0) is 18.3. The molecule has 4 rings (SSSR count). The van der Waals surface area contributed by atoms with Crippen molar-refractivity contribution in [2.75, 3.05) is 30.9 Å². The average Bonchev–Trinajstić information content (AvgIpc) is 3.15. The third kappa shape index (κ3) is 2.82. The van der Waals surface area contributed by atoms with E-state index in [9.17, 15) is 4.79 Å². The first-order chi connectivity index (χ1) is 12.6. The first kappa shape index (κ1) is 16.9. The van der Waals surface area contributed by atoms with Gasteiger partial charge in [0, 0.05) is 30.9 Å². The summed E-state index contributed by atoms with van der Waals surface area (Å²) in [5, 5.41) is 2.86. The van der Waals surface area contributed by atoms with Gasteiger partial charge in [0.15, 0.2) is 0 Å². The average molecular weight is 351 g/mol. The van der Waals surface area contributed by atoms with E-state index in [1.165, 1.54) is 11.3 Å². The van der Waals surface area contributed by atoms with Crippen LogP contribution < -0.4 is 15.0 Å². The smallest absolute Gasteiger partial charge is 0.410 e. The first-order valence-electron chi connectivity index (χ1n) is 9.22. The van der Waals surface area contributed by atoms with Gasteiger partial charge in [0.25, 0.3) is 0 Å². The Labute approximate surface area is 154 Å². The quantitative estimate of drug-likeness (QED) is 0.906. The number of nitrogens with one attached hydrogen (secondary N) is 1. The molecule has 1 saturated heterocycles. The molecule has 5 heteroatoms. The Balaban J connectivity index is 1.51. The molecule has 1 amide bonds. The van der Waals surface area contributed by atoms with Crippen molar-refractivity contribution in [1.29, 1.82) is 0 Å². The van der Waals surface area contributed by atoms with Gasteiger partial charge in [-0.1, -0.05) is 25.1 Å². The number of likely N-dealkylation sites (tertiary alicyclic amines) is 1. The van der Waals surface area contributed by atoms with Crippen molar-refractivity contribution >= 4 is 17.5 Å². The number of rotatable bonds is 3. The van der Waals surface area contributed by atoms with E-state index in [0.29, 0.717) is 17.8 Å². The Bertz CT molecular complexity index is 836. The van der Waals surface area contributed by atoms with Gasteiger partial charge in [-0.25, -0.2) is 4.79 Å². The molecule has 1 N–H and O–H groups in total. The van der Waals surface area contributed by atoms with Crippen LogP contribution in [0.1, 0.15) is 30.4 Å². The summed E-state index contributed by atoms with van der Waals surface area (Å²) in [6.45, 7) is 3.16. The Morgan fingerprint density at radius 1 is 1.23 bits per heavy atom. The number of carbonyl (C=O) groups excluding carboxylic acids is 1. The van der Waals surface area contributed by atoms with Crippen LogP contribution in [0.4, 0.5) is 16.2 Å². The maximum Gasteiger partial charge on any atom is 0.417 e. The van der Waals surface area contributed by atoms with Crippen molar-refractivity contribution in [2.24, 2.45) is 0 Å². The van der Waals surface area contributed by atoms with Crippen LogP contribution in [0, 0.1) is 0 Å². The van der Waals surface area contributed by atoms with Crippen LogP contribution >= 0.6 is 0 Å². The Morgan fingerprint density at radius 3 is 2.85 bits per heavy atom. The number of hydrogen-bond donors (Lipinski definition) is 1. The van der Waals surface area contributed by atoms with Crippen molar-refractivity contribution < 1.29 is 9.53 Å². The molecular weight excluding hydrogens is 326 g/mol. The van der Waals surface area contributed by atoms with Crippen LogP contribution in [0.2, 0.25) is 0 Å². The van der Waals surface area contributed by atoms with Gasteiger partial charge < -0.3 is 9.64 Å². The molecule has 0 spiro atoms. The van der Waals surface area contributed by atoms with E-state index in [0.717, 1.165) is 30.6 Å². The molecule has 0 aromatic heterocycles. The van der Waals surface area contributed by atoms with Crippen LogP contribution in [0.25, 0.3) is 0 Å². The van der Waals surface area contributed by atoms with E-state index < -0.39 is 6.09 Å². The summed E-state index contributed by atoms with van der Waals surface area (Å²) in [6.07, 6.45) is 1.96. The van der Waals surface area contributed by atoms with E-state index in [1.807, 2.05) is 36.4 Å². The van der Waals surface area contributed by atoms with E-state index in [2.05, 4.69) is 42.2 Å². The molecule has 0 saturated carbocycles. The van der Waals surface area contributed by atoms with Crippen LogP contribution in [0.15, 0.2) is 42.5 Å². The number of ether oxygens (including phenoxy) is 1. The minimum absolute atomic E-state index is 0.408. The third-order valence-corrected chi connectivity index (χ3v) is 5.63. The normalized spacial score (nSPS) is 21.4. The maximum absolute atomic E-state index is 12.3. The van der Waals surface area contributed by atoms with E-state index in [1.54, 1.807) is 0 Å². The number of amides is 1. The highest BCUT2D eigenvalue weighted by atomic mass is 16.6. The second-order valence-corrected chi connectivity index (χ2v) is 7.15. The molecule has 2 aliphatic rings. The highest BCUT2D eigenvalue weighted by molar-refractivity contribution is 5.87. The van der Waals surface area contributed by atoms with Crippen molar-refractivity contribution in [3.63, 3.8) is 0 Å². The zero-order valence-electron chi connectivity index (χ0n) is 15.5. The fourth-order valence-electron chi connectivity index (χ4n) is 4.36. The lowest BCUT2D eigenvalue weighted by Crippen LogP contribution is -2.39. The van der Waals surface area contributed by atoms with Crippen molar-refractivity contribution in [3.8, 4) is 5.75 Å². The lowest BCUT2D eigenvalue weighted by atomic mass is 9.98. The molecule has 0 aliphatic carbocycles. The molecule has 2 aromatic rings. The number of nitrogens with zero attached hydrogens (tertiary/aromatic N) is 2. The monoisotopic (exact) mass is 351 g/mol. The molecule has 136 valence electrons. The topological polar surface area (TPSA) is 44.8 Å². The molecule has 2 unspecified atom stereocenters. The third-order valence-electron chi connectivity index (χ3n) is 5.63. The van der Waals surface area contributed by atoms with Crippen LogP contribution in [-0.4, -0.2) is 37.8 Å². The Hall–Kier alpha value is -2.53. The summed E-state index contributed by atoms with van der Waals surface area (Å²) in [6, 6.07) is 13.8. The van der Waals surface area contributed by atoms with E-state index in [-0.39, 0.29) is 0 Å². The minimum atomic E-state index is -0.447. The summed E-state index contributed by atoms with van der Waals surface area (Å²) in [7, 11) is 4.31. The summed E-state index contributed by atoms with van der Waals surface area (Å²) in [5.41, 5.74) is 4.41. The highest BCUT2D eigenvalue weighted by Gasteiger charge is 2.43. The fraction of sp³-hybridized carbons (Fsp3) is 0.381. The molecule has 2 heterocycles. The summed E-state index contributed by atoms with van der Waals surface area (Å²) in [5.74, 6) is 1.08. The van der Waals surface area contributed by atoms with Crippen LogP contribution in [-0.2, 0) is 6.42 Å². The molecule has 2 aliphatic heterocycles. The maximum atomic E-state index is 12.3. The van der Waals surface area contributed by atoms with Gasteiger partial charge in [0.05, 0.1) is 6.17 Å². The number of para-hydroxylation sites is 1. The minimum Gasteiger partial charge on any atom is -0.410 e. The van der Waals surface area contributed by atoms with Gasteiger partial charge in [0.2, 0.25) is 0 Å². The van der Waals surface area contributed by atoms with Gasteiger partial charge in [-0.2, -0.15) is 0 Å². The Kier molecular flexibility index (Phi) is 4.32. The first-order valence-corrected chi connectivity index (χ1v) is 9.22. The SMILES string of the molecule is CCc1ccccc1NC(=O)Oc1ccc2c(c1)C1CCN(C)C1N2C. The van der Waals surface area contributed by atoms with Gasteiger partial charge in [-0.05, 0) is 55.3 Å². The predicted molar refractivity (Wildman–Crippen MR) is 104 cm³/mol. The number of hydrogen-bond acceptors (Lipinski definition) is 4. The standard InChI is InChI=1S/C21H25N3O2/c1-4-14-7-5-6-8-18(14)22-21(25)26-15-9-10-19-17(13-15)16-11-12-23(2)20(16)24(19)3/h5-10,13,16,20H,4,11-12H2,1-3H3,(H,22,25). The Morgan fingerprint density at radius 2 is 2.04 bits per heavy atom. The van der Waals surface area contributed by atoms with Crippen molar-refractivity contribution in [2.45, 2.75) is 31.8 Å². The van der Waals surface area contributed by atoms with E-state index >= 15 is 0 Å². The van der Waals surface area contributed by atoms with Gasteiger partial charge in [0.1, 0.15) is 5.75 Å². The second-order valence-electron chi connectivity index (χ2n) is 7.15. The highest BCUT2D eigenvalue weighted by Crippen LogP contribution is 2.47. The van der Waals surface area contributed by atoms with Crippen LogP contribution in [0.3, 0.4) is 0 Å².